The summed E-state index contributed by atoms with van der Waals surface area (Å²) >= 11 is 0. The average molecular weight is 398 g/mol. The molecule has 0 atom stereocenters. The number of rotatable bonds is 6. The highest BCUT2D eigenvalue weighted by molar-refractivity contribution is 6.04. The van der Waals surface area contributed by atoms with E-state index in [2.05, 4.69) is 16.0 Å². The predicted octanol–water partition coefficient (Wildman–Crippen LogP) is 2.66. The van der Waals surface area contributed by atoms with E-state index in [1.54, 1.807) is 69.3 Å². The highest BCUT2D eigenvalue weighted by Crippen LogP contribution is 2.12. The fraction of sp³-hybridized carbons (Fsp3) is 0.286. The molecule has 2 rings (SSSR count). The molecule has 2 aromatic rings. The van der Waals surface area contributed by atoms with Gasteiger partial charge in [0.05, 0.1) is 0 Å². The smallest absolute Gasteiger partial charge is 0.408 e. The minimum Gasteiger partial charge on any atom is -0.444 e. The summed E-state index contributed by atoms with van der Waals surface area (Å²) in [5, 5.41) is 7.89. The summed E-state index contributed by atoms with van der Waals surface area (Å²) in [5.74, 6) is -0.573. The monoisotopic (exact) mass is 398 g/mol. The third kappa shape index (κ3) is 7.92. The lowest BCUT2D eigenvalue weighted by molar-refractivity contribution is -0.120. The van der Waals surface area contributed by atoms with E-state index in [4.69, 9.17) is 10.5 Å². The van der Waals surface area contributed by atoms with E-state index in [1.807, 2.05) is 0 Å². The Labute approximate surface area is 169 Å². The number of amides is 3. The van der Waals surface area contributed by atoms with E-state index in [9.17, 15) is 14.4 Å². The second-order valence-electron chi connectivity index (χ2n) is 7.41. The largest absolute Gasteiger partial charge is 0.444 e. The first-order chi connectivity index (χ1) is 13.6. The molecular weight excluding hydrogens is 372 g/mol. The van der Waals surface area contributed by atoms with Gasteiger partial charge in [-0.1, -0.05) is 12.1 Å². The number of nitrogen functional groups attached to an aromatic ring is 1. The van der Waals surface area contributed by atoms with Crippen molar-refractivity contribution in [3.05, 3.63) is 59.7 Å². The van der Waals surface area contributed by atoms with Gasteiger partial charge in [0.2, 0.25) is 5.91 Å². The van der Waals surface area contributed by atoms with E-state index in [0.717, 1.165) is 5.56 Å². The molecule has 0 saturated carbocycles. The highest BCUT2D eigenvalue weighted by Gasteiger charge is 2.16. The Kier molecular flexibility index (Phi) is 7.19. The van der Waals surface area contributed by atoms with Crippen LogP contribution in [0.5, 0.6) is 0 Å². The number of nitrogens with one attached hydrogen (secondary N) is 3. The molecule has 0 unspecified atom stereocenters. The lowest BCUT2D eigenvalue weighted by Gasteiger charge is -2.19. The van der Waals surface area contributed by atoms with Crippen molar-refractivity contribution in [1.29, 1.82) is 0 Å². The van der Waals surface area contributed by atoms with Crippen LogP contribution < -0.4 is 21.7 Å². The van der Waals surface area contributed by atoms with Crippen molar-refractivity contribution < 1.29 is 19.1 Å². The van der Waals surface area contributed by atoms with E-state index < -0.39 is 11.7 Å². The topological polar surface area (TPSA) is 123 Å². The van der Waals surface area contributed by atoms with Crippen molar-refractivity contribution in [2.45, 2.75) is 32.9 Å². The summed E-state index contributed by atoms with van der Waals surface area (Å²) in [6, 6.07) is 13.7. The Hall–Kier alpha value is -3.55. The van der Waals surface area contributed by atoms with Crippen LogP contribution in [-0.2, 0) is 16.1 Å². The van der Waals surface area contributed by atoms with Crippen LogP contribution in [0.1, 0.15) is 36.7 Å². The molecule has 29 heavy (non-hydrogen) atoms. The van der Waals surface area contributed by atoms with Gasteiger partial charge in [-0.15, -0.1) is 0 Å². The molecule has 3 amide bonds. The number of alkyl carbamates (subject to hydrolysis) is 1. The summed E-state index contributed by atoms with van der Waals surface area (Å²) in [5.41, 5.74) is 7.58. The van der Waals surface area contributed by atoms with Crippen molar-refractivity contribution >= 4 is 29.3 Å². The maximum atomic E-state index is 12.2. The summed E-state index contributed by atoms with van der Waals surface area (Å²) in [7, 11) is 0. The molecule has 154 valence electrons. The summed E-state index contributed by atoms with van der Waals surface area (Å²) < 4.78 is 5.06. The Bertz CT molecular complexity index is 856. The Morgan fingerprint density at radius 1 is 0.931 bits per heavy atom. The van der Waals surface area contributed by atoms with Gasteiger partial charge in [-0.3, -0.25) is 9.59 Å². The summed E-state index contributed by atoms with van der Waals surface area (Å²) in [6.45, 7) is 5.35. The van der Waals surface area contributed by atoms with Gasteiger partial charge in [-0.25, -0.2) is 4.79 Å². The molecule has 0 heterocycles. The molecule has 8 heteroatoms. The average Bonchev–Trinajstić information content (AvgIpc) is 2.65. The molecule has 0 aliphatic carbocycles. The van der Waals surface area contributed by atoms with Gasteiger partial charge in [0.25, 0.3) is 5.91 Å². The third-order valence-corrected chi connectivity index (χ3v) is 3.67. The van der Waals surface area contributed by atoms with Crippen LogP contribution in [0.25, 0.3) is 0 Å². The minimum absolute atomic E-state index is 0.176. The van der Waals surface area contributed by atoms with Gasteiger partial charge in [0, 0.05) is 23.5 Å². The number of carbonyl (C=O) groups is 3. The maximum Gasteiger partial charge on any atom is 0.408 e. The standard InChI is InChI=1S/C21H26N4O4/c1-21(2,3)29-20(28)24-13-18(26)23-12-14-4-10-17(11-5-14)25-19(27)15-6-8-16(22)9-7-15/h4-11H,12-13,22H2,1-3H3,(H,23,26)(H,24,28)(H,25,27). The van der Waals surface area contributed by atoms with Gasteiger partial charge in [0.1, 0.15) is 12.1 Å². The summed E-state index contributed by atoms with van der Waals surface area (Å²) in [4.78, 5) is 35.5. The quantitative estimate of drug-likeness (QED) is 0.557. The van der Waals surface area contributed by atoms with Gasteiger partial charge in [0.15, 0.2) is 0 Å². The van der Waals surface area contributed by atoms with Crippen molar-refractivity contribution in [1.82, 2.24) is 10.6 Å². The van der Waals surface area contributed by atoms with Crippen LogP contribution in [0.3, 0.4) is 0 Å². The number of carbonyl (C=O) groups excluding carboxylic acids is 3. The molecule has 0 spiro atoms. The molecule has 0 aliphatic heterocycles. The normalized spacial score (nSPS) is 10.7. The molecule has 0 saturated heterocycles. The van der Waals surface area contributed by atoms with Crippen LogP contribution in [0.15, 0.2) is 48.5 Å². The first kappa shape index (κ1) is 21.7. The van der Waals surface area contributed by atoms with Crippen LogP contribution in [0, 0.1) is 0 Å². The predicted molar refractivity (Wildman–Crippen MR) is 111 cm³/mol. The molecule has 2 aromatic carbocycles. The zero-order valence-corrected chi connectivity index (χ0v) is 16.7. The van der Waals surface area contributed by atoms with E-state index in [1.165, 1.54) is 0 Å². The first-order valence-electron chi connectivity index (χ1n) is 9.12. The summed E-state index contributed by atoms with van der Waals surface area (Å²) in [6.07, 6.45) is -0.645. The lowest BCUT2D eigenvalue weighted by atomic mass is 10.1. The molecule has 8 nitrogen and oxygen atoms in total. The van der Waals surface area contributed by atoms with Gasteiger partial charge >= 0.3 is 6.09 Å². The van der Waals surface area contributed by atoms with Crippen LogP contribution in [0.4, 0.5) is 16.2 Å². The molecule has 5 N–H and O–H groups in total. The minimum atomic E-state index is -0.645. The number of ether oxygens (including phenoxy) is 1. The van der Waals surface area contributed by atoms with Gasteiger partial charge in [-0.2, -0.15) is 0 Å². The molecule has 0 aromatic heterocycles. The Morgan fingerprint density at radius 3 is 2.14 bits per heavy atom. The van der Waals surface area contributed by atoms with E-state index >= 15 is 0 Å². The Morgan fingerprint density at radius 2 is 1.55 bits per heavy atom. The van der Waals surface area contributed by atoms with Gasteiger partial charge in [-0.05, 0) is 62.7 Å². The van der Waals surface area contributed by atoms with E-state index in [0.29, 0.717) is 23.5 Å². The number of anilines is 2. The van der Waals surface area contributed by atoms with Crippen molar-refractivity contribution in [3.63, 3.8) is 0 Å². The van der Waals surface area contributed by atoms with Gasteiger partial charge < -0.3 is 26.4 Å². The van der Waals surface area contributed by atoms with Crippen LogP contribution >= 0.6 is 0 Å². The number of hydrogen-bond donors (Lipinski definition) is 4. The number of benzene rings is 2. The maximum absolute atomic E-state index is 12.2. The van der Waals surface area contributed by atoms with E-state index in [-0.39, 0.29) is 18.4 Å². The highest BCUT2D eigenvalue weighted by atomic mass is 16.6. The van der Waals surface area contributed by atoms with Crippen molar-refractivity contribution in [2.24, 2.45) is 0 Å². The second kappa shape index (κ2) is 9.59. The van der Waals surface area contributed by atoms with Crippen molar-refractivity contribution in [3.8, 4) is 0 Å². The zero-order valence-electron chi connectivity index (χ0n) is 16.7. The fourth-order valence-electron chi connectivity index (χ4n) is 2.27. The fourth-order valence-corrected chi connectivity index (χ4v) is 2.27. The molecule has 0 bridgehead atoms. The molecule has 0 aliphatic rings. The molecular formula is C21H26N4O4. The zero-order chi connectivity index (χ0) is 21.4. The first-order valence-corrected chi connectivity index (χ1v) is 9.12. The molecule has 0 radical (unpaired) electrons. The van der Waals surface area contributed by atoms with Crippen LogP contribution in [-0.4, -0.2) is 30.1 Å². The third-order valence-electron chi connectivity index (χ3n) is 3.67. The molecule has 0 fully saturated rings. The Balaban J connectivity index is 1.77. The number of hydrogen-bond acceptors (Lipinski definition) is 5. The second-order valence-corrected chi connectivity index (χ2v) is 7.41. The van der Waals surface area contributed by atoms with Crippen molar-refractivity contribution in [2.75, 3.05) is 17.6 Å². The lowest BCUT2D eigenvalue weighted by Crippen LogP contribution is -2.39. The number of nitrogens with two attached hydrogens (primary N) is 1. The SMILES string of the molecule is CC(C)(C)OC(=O)NCC(=O)NCc1ccc(NC(=O)c2ccc(N)cc2)cc1. The van der Waals surface area contributed by atoms with Crippen LogP contribution in [0.2, 0.25) is 0 Å².